The summed E-state index contributed by atoms with van der Waals surface area (Å²) < 4.78 is 11.0. The number of alkyl halides is 3. The van der Waals surface area contributed by atoms with Crippen molar-refractivity contribution in [2.24, 2.45) is 20.5 Å². The second-order valence-electron chi connectivity index (χ2n) is 14.8. The molecule has 5 aromatic carbocycles. The van der Waals surface area contributed by atoms with Crippen molar-refractivity contribution in [1.82, 2.24) is 0 Å². The quantitative estimate of drug-likeness (QED) is 0.0296. The third kappa shape index (κ3) is 14.8. The number of amides is 4. The van der Waals surface area contributed by atoms with Crippen molar-refractivity contribution < 1.29 is 38.2 Å². The zero-order valence-corrected chi connectivity index (χ0v) is 41.3. The first-order valence-corrected chi connectivity index (χ1v) is 23.4. The van der Waals surface area contributed by atoms with E-state index in [0.717, 1.165) is 13.8 Å². The number of ether oxygens (including phenoxy) is 2. The third-order valence-corrected chi connectivity index (χ3v) is 11.2. The smallest absolute Gasteiger partial charge is 0.258 e. The number of hydrogen-bond donors (Lipinski definition) is 4. The largest absolute Gasteiger partial charge is 0.494 e. The predicted octanol–water partition coefficient (Wildman–Crippen LogP) is 11.9. The van der Waals surface area contributed by atoms with Crippen LogP contribution < -0.4 is 30.7 Å². The Morgan fingerprint density at radius 1 is 0.536 bits per heavy atom. The lowest BCUT2D eigenvalue weighted by molar-refractivity contribution is -0.127. The molecular weight excluding hydrogens is 994 g/mol. The first-order chi connectivity index (χ1) is 33.1. The van der Waals surface area contributed by atoms with Crippen molar-refractivity contribution in [2.75, 3.05) is 40.4 Å². The zero-order chi connectivity index (χ0) is 50.2. The molecule has 4 N–H and O–H groups in total. The molecule has 69 heavy (non-hydrogen) atoms. The molecule has 0 fully saturated rings. The molecule has 0 saturated heterocycles. The molecule has 0 aliphatic heterocycles. The maximum absolute atomic E-state index is 13.6. The molecule has 0 aromatic heterocycles. The van der Waals surface area contributed by atoms with E-state index in [4.69, 9.17) is 67.5 Å². The van der Waals surface area contributed by atoms with Gasteiger partial charge in [0.15, 0.2) is 11.6 Å². The molecule has 4 amide bonds. The molecule has 5 aromatic rings. The number of nitrogens with one attached hydrogen (secondary N) is 4. The summed E-state index contributed by atoms with van der Waals surface area (Å²) in [4.78, 5) is 79.0. The van der Waals surface area contributed by atoms with Crippen molar-refractivity contribution in [3.05, 3.63) is 129 Å². The van der Waals surface area contributed by atoms with Crippen LogP contribution in [0, 0.1) is 0 Å². The van der Waals surface area contributed by atoms with E-state index in [-0.39, 0.29) is 68.0 Å². The van der Waals surface area contributed by atoms with Crippen LogP contribution in [0.25, 0.3) is 0 Å². The van der Waals surface area contributed by atoms with Gasteiger partial charge in [-0.25, -0.2) is 0 Å². The molecule has 2 atom stereocenters. The summed E-state index contributed by atoms with van der Waals surface area (Å²) in [6.07, 6.45) is 0.199. The molecule has 5 rings (SSSR count). The Morgan fingerprint density at radius 3 is 1.39 bits per heavy atom. The van der Waals surface area contributed by atoms with Crippen molar-refractivity contribution in [2.45, 2.75) is 58.0 Å². The molecule has 0 radical (unpaired) electrons. The summed E-state index contributed by atoms with van der Waals surface area (Å²) in [6, 6.07) is 19.9. The lowest BCUT2D eigenvalue weighted by atomic mass is 10.1. The number of Topliss-reactive ketones (excluding diaryl/α,β-unsaturated/α-hetero) is 2. The minimum atomic E-state index is -1.64. The average Bonchev–Trinajstić information content (AvgIpc) is 3.31. The lowest BCUT2D eigenvalue weighted by Gasteiger charge is -2.15. The number of halogens is 5. The van der Waals surface area contributed by atoms with Gasteiger partial charge >= 0.3 is 0 Å². The number of hydrogen-bond acceptors (Lipinski definition) is 12. The van der Waals surface area contributed by atoms with Crippen molar-refractivity contribution in [3.63, 3.8) is 0 Å². The van der Waals surface area contributed by atoms with Gasteiger partial charge < -0.3 is 30.7 Å². The van der Waals surface area contributed by atoms with Crippen LogP contribution in [0.1, 0.15) is 65.1 Å². The van der Waals surface area contributed by atoms with Gasteiger partial charge in [-0.05, 0) is 142 Å². The topological polar surface area (TPSA) is 218 Å². The highest BCUT2D eigenvalue weighted by atomic mass is 35.5. The number of aryl methyl sites for hydroxylation is 1. The van der Waals surface area contributed by atoms with Gasteiger partial charge in [0, 0.05) is 51.5 Å². The second kappa shape index (κ2) is 25.8. The normalized spacial score (nSPS) is 12.0. The Bertz CT molecular complexity index is 2810. The van der Waals surface area contributed by atoms with E-state index in [2.05, 4.69) is 41.7 Å². The molecule has 21 heteroatoms. The fourth-order valence-electron chi connectivity index (χ4n) is 6.36. The van der Waals surface area contributed by atoms with Crippen molar-refractivity contribution in [3.8, 4) is 11.5 Å². The highest BCUT2D eigenvalue weighted by Gasteiger charge is 2.26. The van der Waals surface area contributed by atoms with Crippen molar-refractivity contribution in [1.29, 1.82) is 0 Å². The van der Waals surface area contributed by atoms with E-state index in [1.54, 1.807) is 36.4 Å². The molecule has 16 nitrogen and oxygen atoms in total. The third-order valence-electron chi connectivity index (χ3n) is 9.80. The minimum absolute atomic E-state index is 0.0144. The van der Waals surface area contributed by atoms with Gasteiger partial charge in [-0.1, -0.05) is 23.2 Å². The maximum atomic E-state index is 13.6. The monoisotopic (exact) mass is 1040 g/mol. The van der Waals surface area contributed by atoms with Gasteiger partial charge in [-0.3, -0.25) is 28.8 Å². The molecular formula is C48H45Cl5N8O8. The highest BCUT2D eigenvalue weighted by Crippen LogP contribution is 2.31. The predicted molar refractivity (Wildman–Crippen MR) is 269 cm³/mol. The first-order valence-electron chi connectivity index (χ1n) is 21.1. The SMILES string of the molecule is CCOc1ccc(NC(=O)c2ccc(Cl)c(N=NC(C(C)=O)C(=O)Nc3ccc(NC(=O)C(N=Nc4cc(C(=O)Nc5ccc(OCC)cc5CCl)ccc4Cl)C(C)=O)c(CCCl)c3)c2)c(CCl)c1. The Kier molecular flexibility index (Phi) is 20.0. The number of carbonyl (C=O) groups excluding carboxylic acids is 6. The molecule has 0 aliphatic rings. The number of ketones is 2. The Balaban J connectivity index is 1.27. The minimum Gasteiger partial charge on any atom is -0.494 e. The number of rotatable bonds is 22. The molecule has 2 unspecified atom stereocenters. The van der Waals surface area contributed by atoms with Crippen LogP contribution in [-0.4, -0.2) is 66.4 Å². The van der Waals surface area contributed by atoms with Gasteiger partial charge in [0.2, 0.25) is 12.1 Å². The van der Waals surface area contributed by atoms with E-state index in [1.165, 1.54) is 54.6 Å². The molecule has 0 saturated carbocycles. The van der Waals surface area contributed by atoms with E-state index in [0.29, 0.717) is 52.8 Å². The van der Waals surface area contributed by atoms with E-state index >= 15 is 0 Å². The maximum Gasteiger partial charge on any atom is 0.258 e. The van der Waals surface area contributed by atoms with E-state index in [9.17, 15) is 28.8 Å². The second-order valence-corrected chi connectivity index (χ2v) is 16.5. The van der Waals surface area contributed by atoms with Crippen LogP contribution in [0.3, 0.4) is 0 Å². The van der Waals surface area contributed by atoms with Crippen LogP contribution in [-0.2, 0) is 37.4 Å². The number of nitrogens with zero attached hydrogens (tertiary/aromatic N) is 4. The molecule has 0 heterocycles. The Hall–Kier alpha value is -6.43. The van der Waals surface area contributed by atoms with Crippen LogP contribution in [0.2, 0.25) is 10.0 Å². The summed E-state index contributed by atoms with van der Waals surface area (Å²) >= 11 is 31.1. The van der Waals surface area contributed by atoms with Gasteiger partial charge in [0.25, 0.3) is 23.6 Å². The fourth-order valence-corrected chi connectivity index (χ4v) is 7.32. The summed E-state index contributed by atoms with van der Waals surface area (Å²) in [7, 11) is 0. The van der Waals surface area contributed by atoms with Crippen LogP contribution in [0.4, 0.5) is 34.1 Å². The Labute approximate surface area is 422 Å². The fraction of sp³-hybridized carbons (Fsp3) is 0.250. The zero-order valence-electron chi connectivity index (χ0n) is 37.5. The van der Waals surface area contributed by atoms with Crippen LogP contribution >= 0.6 is 58.0 Å². The molecule has 0 aliphatic carbocycles. The highest BCUT2D eigenvalue weighted by molar-refractivity contribution is 6.33. The number of benzene rings is 5. The standard InChI is InChI=1S/C48H45Cl5N8O8/c1-5-68-34-10-15-39(31(20-34)24-50)55-45(64)29-7-12-36(52)41(22-29)58-60-43(26(3)62)47(66)54-33-9-14-38(28(19-33)17-18-49)57-48(67)44(27(4)63)61-59-42-23-30(8-13-37(42)53)46(65)56-40-16-11-35(69-6-2)21-32(40)25-51/h7-16,19-23,43-44H,5-6,17-18,24-25H2,1-4H3,(H,54,66)(H,55,64)(H,56,65)(H,57,67). The van der Waals surface area contributed by atoms with Crippen LogP contribution in [0.15, 0.2) is 111 Å². The van der Waals surface area contributed by atoms with Crippen molar-refractivity contribution >= 4 is 127 Å². The first kappa shape index (κ1) is 53.5. The number of azo groups is 2. The molecule has 0 bridgehead atoms. The van der Waals surface area contributed by atoms with Gasteiger partial charge in [0.1, 0.15) is 22.9 Å². The summed E-state index contributed by atoms with van der Waals surface area (Å²) in [6.45, 7) is 6.93. The molecule has 0 spiro atoms. The number of carbonyl (C=O) groups is 6. The summed E-state index contributed by atoms with van der Waals surface area (Å²) in [5.74, 6) is -2.50. The number of anilines is 4. The average molecular weight is 1040 g/mol. The van der Waals surface area contributed by atoms with Gasteiger partial charge in [-0.2, -0.15) is 20.5 Å². The van der Waals surface area contributed by atoms with Gasteiger partial charge in [0.05, 0.1) is 23.3 Å². The lowest BCUT2D eigenvalue weighted by Crippen LogP contribution is -2.32. The van der Waals surface area contributed by atoms with E-state index in [1.807, 2.05) is 13.8 Å². The van der Waals surface area contributed by atoms with Crippen LogP contribution in [0.5, 0.6) is 11.5 Å². The van der Waals surface area contributed by atoms with Gasteiger partial charge in [-0.15, -0.1) is 34.8 Å². The summed E-state index contributed by atoms with van der Waals surface area (Å²) in [5.41, 5.74) is 3.44. The molecule has 360 valence electrons. The summed E-state index contributed by atoms with van der Waals surface area (Å²) in [5, 5.41) is 27.2. The Morgan fingerprint density at radius 2 is 0.971 bits per heavy atom. The van der Waals surface area contributed by atoms with E-state index < -0.39 is 47.3 Å².